The van der Waals surface area contributed by atoms with E-state index in [1.807, 2.05) is 19.9 Å². The second-order valence-electron chi connectivity index (χ2n) is 3.89. The van der Waals surface area contributed by atoms with Gasteiger partial charge >= 0.3 is 0 Å². The summed E-state index contributed by atoms with van der Waals surface area (Å²) in [4.78, 5) is 0. The lowest BCUT2D eigenvalue weighted by Crippen LogP contribution is -1.91. The molecule has 0 atom stereocenters. The van der Waals surface area contributed by atoms with Crippen LogP contribution < -0.4 is 0 Å². The highest BCUT2D eigenvalue weighted by Crippen LogP contribution is 2.27. The van der Waals surface area contributed by atoms with Crippen LogP contribution in [0, 0.1) is 24.1 Å². The normalized spacial score (nSPS) is 10.4. The highest BCUT2D eigenvalue weighted by molar-refractivity contribution is 5.90. The molecule has 16 heavy (non-hydrogen) atoms. The van der Waals surface area contributed by atoms with Crippen LogP contribution in [0.2, 0.25) is 0 Å². The summed E-state index contributed by atoms with van der Waals surface area (Å²) in [6.45, 7) is 3.96. The lowest BCUT2D eigenvalue weighted by molar-refractivity contribution is 0.639. The summed E-state index contributed by atoms with van der Waals surface area (Å²) in [5, 5.41) is 10.4. The van der Waals surface area contributed by atoms with Crippen molar-refractivity contribution in [1.82, 2.24) is 0 Å². The summed E-state index contributed by atoms with van der Waals surface area (Å²) in [5.74, 6) is -0.257. The molecule has 0 spiro atoms. The van der Waals surface area contributed by atoms with Gasteiger partial charge in [-0.3, -0.25) is 0 Å². The van der Waals surface area contributed by atoms with E-state index < -0.39 is 0 Å². The molecule has 2 heteroatoms. The Balaban J connectivity index is 2.93. The molecule has 0 heterocycles. The smallest absolute Gasteiger partial charge is 0.131 e. The fourth-order valence-corrected chi connectivity index (χ4v) is 2.11. The van der Waals surface area contributed by atoms with E-state index in [1.54, 1.807) is 12.1 Å². The molecular formula is C14H12FN. The Morgan fingerprint density at radius 3 is 2.69 bits per heavy atom. The third-order valence-corrected chi connectivity index (χ3v) is 2.85. The predicted molar refractivity (Wildman–Crippen MR) is 62.7 cm³/mol. The first-order valence-electron chi connectivity index (χ1n) is 5.29. The summed E-state index contributed by atoms with van der Waals surface area (Å²) >= 11 is 0. The summed E-state index contributed by atoms with van der Waals surface area (Å²) in [6, 6.07) is 8.78. The highest BCUT2D eigenvalue weighted by Gasteiger charge is 2.08. The number of nitriles is 1. The Morgan fingerprint density at radius 2 is 2.06 bits per heavy atom. The molecule has 80 valence electrons. The SMILES string of the molecule is CCc1ccc(F)c2cc(C#N)cc(C)c12. The van der Waals surface area contributed by atoms with Gasteiger partial charge in [0.25, 0.3) is 0 Å². The Kier molecular flexibility index (Phi) is 2.62. The van der Waals surface area contributed by atoms with Crippen LogP contribution in [0.3, 0.4) is 0 Å². The van der Waals surface area contributed by atoms with Crippen LogP contribution >= 0.6 is 0 Å². The molecule has 0 saturated heterocycles. The zero-order chi connectivity index (χ0) is 11.7. The van der Waals surface area contributed by atoms with E-state index >= 15 is 0 Å². The van der Waals surface area contributed by atoms with Gasteiger partial charge in [-0.25, -0.2) is 4.39 Å². The van der Waals surface area contributed by atoms with Crippen molar-refractivity contribution in [2.45, 2.75) is 20.3 Å². The van der Waals surface area contributed by atoms with Crippen molar-refractivity contribution >= 4 is 10.8 Å². The second-order valence-corrected chi connectivity index (χ2v) is 3.89. The molecular weight excluding hydrogens is 201 g/mol. The highest BCUT2D eigenvalue weighted by atomic mass is 19.1. The number of nitrogens with zero attached hydrogens (tertiary/aromatic N) is 1. The molecule has 0 aliphatic carbocycles. The minimum atomic E-state index is -0.257. The van der Waals surface area contributed by atoms with E-state index in [-0.39, 0.29) is 5.82 Å². The third-order valence-electron chi connectivity index (χ3n) is 2.85. The summed E-state index contributed by atoms with van der Waals surface area (Å²) in [5.41, 5.74) is 2.60. The number of benzene rings is 2. The van der Waals surface area contributed by atoms with Crippen LogP contribution in [-0.2, 0) is 6.42 Å². The van der Waals surface area contributed by atoms with Crippen LogP contribution in [0.4, 0.5) is 4.39 Å². The number of hydrogen-bond donors (Lipinski definition) is 0. The van der Waals surface area contributed by atoms with Crippen molar-refractivity contribution in [3.63, 3.8) is 0 Å². The van der Waals surface area contributed by atoms with Crippen LogP contribution in [0.1, 0.15) is 23.6 Å². The first-order chi connectivity index (χ1) is 7.67. The van der Waals surface area contributed by atoms with Crippen molar-refractivity contribution in [3.8, 4) is 6.07 Å². The molecule has 0 aromatic heterocycles. The Bertz CT molecular complexity index is 594. The van der Waals surface area contributed by atoms with Crippen LogP contribution in [-0.4, -0.2) is 0 Å². The maximum absolute atomic E-state index is 13.7. The summed E-state index contributed by atoms with van der Waals surface area (Å²) < 4.78 is 13.7. The van der Waals surface area contributed by atoms with Crippen molar-refractivity contribution in [1.29, 1.82) is 5.26 Å². The van der Waals surface area contributed by atoms with Crippen molar-refractivity contribution in [2.24, 2.45) is 0 Å². The van der Waals surface area contributed by atoms with Gasteiger partial charge in [-0.05, 0) is 48.1 Å². The van der Waals surface area contributed by atoms with Gasteiger partial charge in [0.05, 0.1) is 11.6 Å². The molecule has 0 amide bonds. The molecule has 2 aromatic carbocycles. The molecule has 0 aliphatic rings. The van der Waals surface area contributed by atoms with E-state index in [1.165, 1.54) is 6.07 Å². The molecule has 2 aromatic rings. The lowest BCUT2D eigenvalue weighted by atomic mass is 9.96. The van der Waals surface area contributed by atoms with Crippen molar-refractivity contribution in [3.05, 3.63) is 46.8 Å². The Labute approximate surface area is 94.1 Å². The summed E-state index contributed by atoms with van der Waals surface area (Å²) in [6.07, 6.45) is 0.865. The number of halogens is 1. The standard InChI is InChI=1S/C14H12FN/c1-3-11-4-5-13(15)12-7-10(8-16)6-9(2)14(11)12/h4-7H,3H2,1-2H3. The van der Waals surface area contributed by atoms with Gasteiger partial charge in [0, 0.05) is 5.39 Å². The summed E-state index contributed by atoms with van der Waals surface area (Å²) in [7, 11) is 0. The van der Waals surface area contributed by atoms with Crippen LogP contribution in [0.25, 0.3) is 10.8 Å². The molecule has 0 N–H and O–H groups in total. The minimum absolute atomic E-state index is 0.257. The fourth-order valence-electron chi connectivity index (χ4n) is 2.11. The molecule has 1 nitrogen and oxygen atoms in total. The number of fused-ring (bicyclic) bond motifs is 1. The van der Waals surface area contributed by atoms with E-state index in [9.17, 15) is 4.39 Å². The van der Waals surface area contributed by atoms with E-state index in [0.717, 1.165) is 22.9 Å². The zero-order valence-corrected chi connectivity index (χ0v) is 9.34. The van der Waals surface area contributed by atoms with E-state index in [0.29, 0.717) is 10.9 Å². The number of rotatable bonds is 1. The maximum Gasteiger partial charge on any atom is 0.131 e. The molecule has 2 rings (SSSR count). The first kappa shape index (κ1) is 10.6. The largest absolute Gasteiger partial charge is 0.206 e. The molecule has 0 aliphatic heterocycles. The van der Waals surface area contributed by atoms with Gasteiger partial charge < -0.3 is 0 Å². The van der Waals surface area contributed by atoms with Crippen molar-refractivity contribution < 1.29 is 4.39 Å². The van der Waals surface area contributed by atoms with Crippen LogP contribution in [0.5, 0.6) is 0 Å². The molecule has 0 radical (unpaired) electrons. The minimum Gasteiger partial charge on any atom is -0.206 e. The van der Waals surface area contributed by atoms with Gasteiger partial charge in [-0.2, -0.15) is 5.26 Å². The first-order valence-corrected chi connectivity index (χ1v) is 5.29. The van der Waals surface area contributed by atoms with Gasteiger partial charge in [0.2, 0.25) is 0 Å². The van der Waals surface area contributed by atoms with Gasteiger partial charge in [0.15, 0.2) is 0 Å². The average molecular weight is 213 g/mol. The third kappa shape index (κ3) is 1.55. The molecule has 0 fully saturated rings. The zero-order valence-electron chi connectivity index (χ0n) is 9.34. The fraction of sp³-hybridized carbons (Fsp3) is 0.214. The average Bonchev–Trinajstić information content (AvgIpc) is 2.30. The lowest BCUT2D eigenvalue weighted by Gasteiger charge is -2.09. The van der Waals surface area contributed by atoms with E-state index in [4.69, 9.17) is 5.26 Å². The number of aryl methyl sites for hydroxylation is 2. The molecule has 0 saturated carbocycles. The monoisotopic (exact) mass is 213 g/mol. The maximum atomic E-state index is 13.7. The molecule has 0 bridgehead atoms. The number of hydrogen-bond acceptors (Lipinski definition) is 1. The van der Waals surface area contributed by atoms with Crippen molar-refractivity contribution in [2.75, 3.05) is 0 Å². The Morgan fingerprint density at radius 1 is 1.31 bits per heavy atom. The van der Waals surface area contributed by atoms with E-state index in [2.05, 4.69) is 6.07 Å². The Hall–Kier alpha value is -1.88. The second kappa shape index (κ2) is 3.94. The van der Waals surface area contributed by atoms with Gasteiger partial charge in [-0.15, -0.1) is 0 Å². The molecule has 0 unspecified atom stereocenters. The predicted octanol–water partition coefficient (Wildman–Crippen LogP) is 3.72. The van der Waals surface area contributed by atoms with Crippen LogP contribution in [0.15, 0.2) is 24.3 Å². The quantitative estimate of drug-likeness (QED) is 0.708. The topological polar surface area (TPSA) is 23.8 Å². The van der Waals surface area contributed by atoms with Gasteiger partial charge in [0.1, 0.15) is 5.82 Å². The van der Waals surface area contributed by atoms with Gasteiger partial charge in [-0.1, -0.05) is 13.0 Å².